The number of nitrogens with zero attached hydrogens (tertiary/aromatic N) is 1. The minimum Gasteiger partial charge on any atom is -0.394 e. The van der Waals surface area contributed by atoms with Crippen molar-refractivity contribution in [3.05, 3.63) is 0 Å². The second-order valence-corrected chi connectivity index (χ2v) is 6.21. The van der Waals surface area contributed by atoms with Crippen LogP contribution in [0.1, 0.15) is 40.5 Å². The Balaban J connectivity index is 2.37. The molecule has 0 aromatic rings. The smallest absolute Gasteiger partial charge is 0.0611 e. The summed E-state index contributed by atoms with van der Waals surface area (Å²) in [7, 11) is 2.21. The van der Waals surface area contributed by atoms with Gasteiger partial charge in [-0.2, -0.15) is 0 Å². The maximum absolute atomic E-state index is 9.50. The van der Waals surface area contributed by atoms with E-state index in [1.54, 1.807) is 0 Å². The summed E-state index contributed by atoms with van der Waals surface area (Å²) in [6.45, 7) is 11.1. The highest BCUT2D eigenvalue weighted by atomic mass is 16.3. The van der Waals surface area contributed by atoms with E-state index in [2.05, 4.69) is 45.0 Å². The Morgan fingerprint density at radius 1 is 1.53 bits per heavy atom. The number of aliphatic hydroxyl groups is 1. The van der Waals surface area contributed by atoms with Crippen LogP contribution in [0.15, 0.2) is 0 Å². The maximum atomic E-state index is 9.50. The quantitative estimate of drug-likeness (QED) is 0.680. The van der Waals surface area contributed by atoms with Crippen molar-refractivity contribution in [2.75, 3.05) is 26.7 Å². The van der Waals surface area contributed by atoms with E-state index in [0.717, 1.165) is 24.8 Å². The van der Waals surface area contributed by atoms with Crippen LogP contribution in [0.4, 0.5) is 0 Å². The van der Waals surface area contributed by atoms with Crippen LogP contribution in [0.3, 0.4) is 0 Å². The zero-order valence-corrected chi connectivity index (χ0v) is 12.2. The largest absolute Gasteiger partial charge is 0.394 e. The van der Waals surface area contributed by atoms with E-state index in [9.17, 15) is 5.11 Å². The molecule has 3 heteroatoms. The highest BCUT2D eigenvalue weighted by molar-refractivity contribution is 4.89. The lowest BCUT2D eigenvalue weighted by Gasteiger charge is -2.35. The fourth-order valence-corrected chi connectivity index (χ4v) is 2.63. The first-order valence-electron chi connectivity index (χ1n) is 6.98. The first kappa shape index (κ1) is 14.9. The number of aliphatic hydroxyl groups excluding tert-OH is 1. The Hall–Kier alpha value is -0.120. The third-order valence-electron chi connectivity index (χ3n) is 4.25. The normalized spacial score (nSPS) is 29.1. The van der Waals surface area contributed by atoms with E-state index in [-0.39, 0.29) is 12.1 Å². The van der Waals surface area contributed by atoms with Crippen LogP contribution in [-0.4, -0.2) is 48.3 Å². The van der Waals surface area contributed by atoms with Gasteiger partial charge in [0.05, 0.1) is 6.61 Å². The third kappa shape index (κ3) is 4.57. The predicted molar refractivity (Wildman–Crippen MR) is 73.1 cm³/mol. The van der Waals surface area contributed by atoms with Crippen molar-refractivity contribution in [1.82, 2.24) is 10.2 Å². The van der Waals surface area contributed by atoms with Crippen LogP contribution in [-0.2, 0) is 0 Å². The van der Waals surface area contributed by atoms with Crippen molar-refractivity contribution in [2.24, 2.45) is 11.8 Å². The van der Waals surface area contributed by atoms with Gasteiger partial charge < -0.3 is 15.3 Å². The van der Waals surface area contributed by atoms with Gasteiger partial charge in [0.25, 0.3) is 0 Å². The average molecular weight is 242 g/mol. The zero-order chi connectivity index (χ0) is 13.1. The van der Waals surface area contributed by atoms with Gasteiger partial charge in [0.15, 0.2) is 0 Å². The van der Waals surface area contributed by atoms with Crippen LogP contribution in [0, 0.1) is 11.8 Å². The van der Waals surface area contributed by atoms with E-state index in [4.69, 9.17) is 0 Å². The summed E-state index contributed by atoms with van der Waals surface area (Å²) in [6, 6.07) is 0.513. The van der Waals surface area contributed by atoms with Crippen LogP contribution in [0.25, 0.3) is 0 Å². The molecule has 4 atom stereocenters. The molecule has 1 aliphatic rings. The van der Waals surface area contributed by atoms with Gasteiger partial charge in [-0.25, -0.2) is 0 Å². The summed E-state index contributed by atoms with van der Waals surface area (Å²) < 4.78 is 0. The summed E-state index contributed by atoms with van der Waals surface area (Å²) in [6.07, 6.45) is 2.39. The van der Waals surface area contributed by atoms with Gasteiger partial charge in [-0.1, -0.05) is 13.8 Å². The molecule has 1 aliphatic carbocycles. The molecule has 2 N–H and O–H groups in total. The lowest BCUT2D eigenvalue weighted by molar-refractivity contribution is 0.125. The molecule has 0 aromatic heterocycles. The van der Waals surface area contributed by atoms with Gasteiger partial charge in [-0.3, -0.25) is 0 Å². The lowest BCUT2D eigenvalue weighted by atomic mass is 9.93. The van der Waals surface area contributed by atoms with Gasteiger partial charge in [-0.05, 0) is 52.1 Å². The molecule has 0 saturated heterocycles. The van der Waals surface area contributed by atoms with Crippen LogP contribution in [0.5, 0.6) is 0 Å². The number of likely N-dealkylation sites (N-methyl/N-ethyl adjacent to an activating group) is 1. The molecule has 0 radical (unpaired) electrons. The van der Waals surface area contributed by atoms with Gasteiger partial charge >= 0.3 is 0 Å². The molecule has 1 saturated carbocycles. The third-order valence-corrected chi connectivity index (χ3v) is 4.25. The van der Waals surface area contributed by atoms with Gasteiger partial charge in [0.1, 0.15) is 0 Å². The first-order chi connectivity index (χ1) is 7.91. The molecule has 0 bridgehead atoms. The van der Waals surface area contributed by atoms with Crippen molar-refractivity contribution < 1.29 is 5.11 Å². The summed E-state index contributed by atoms with van der Waals surface area (Å²) in [5, 5.41) is 12.9. The van der Waals surface area contributed by atoms with E-state index >= 15 is 0 Å². The molecular formula is C14H30N2O. The summed E-state index contributed by atoms with van der Waals surface area (Å²) in [5.41, 5.74) is -0.141. The first-order valence-corrected chi connectivity index (χ1v) is 6.98. The number of nitrogens with one attached hydrogen (secondary N) is 1. The van der Waals surface area contributed by atoms with E-state index < -0.39 is 0 Å². The van der Waals surface area contributed by atoms with E-state index in [0.29, 0.717) is 6.04 Å². The van der Waals surface area contributed by atoms with Crippen molar-refractivity contribution in [3.63, 3.8) is 0 Å². The zero-order valence-electron chi connectivity index (χ0n) is 12.2. The van der Waals surface area contributed by atoms with Crippen LogP contribution < -0.4 is 5.32 Å². The number of rotatable bonds is 8. The monoisotopic (exact) mass is 242 g/mol. The van der Waals surface area contributed by atoms with Crippen LogP contribution in [0.2, 0.25) is 0 Å². The van der Waals surface area contributed by atoms with Gasteiger partial charge in [0, 0.05) is 18.1 Å². The Kier molecular flexibility index (Phi) is 5.42. The van der Waals surface area contributed by atoms with Crippen LogP contribution >= 0.6 is 0 Å². The molecule has 17 heavy (non-hydrogen) atoms. The van der Waals surface area contributed by atoms with Crippen molar-refractivity contribution >= 4 is 0 Å². The van der Waals surface area contributed by atoms with E-state index in [1.165, 1.54) is 13.0 Å². The van der Waals surface area contributed by atoms with Gasteiger partial charge in [-0.15, -0.1) is 0 Å². The fourth-order valence-electron chi connectivity index (χ4n) is 2.63. The minimum absolute atomic E-state index is 0.141. The summed E-state index contributed by atoms with van der Waals surface area (Å²) >= 11 is 0. The second-order valence-electron chi connectivity index (χ2n) is 6.21. The highest BCUT2D eigenvalue weighted by Gasteiger charge is 2.35. The molecule has 3 nitrogen and oxygen atoms in total. The number of hydrogen-bond acceptors (Lipinski definition) is 3. The topological polar surface area (TPSA) is 35.5 Å². The SMILES string of the molecule is CCNC(C)(CO)CC(C)N(C)CC1CC1C. The van der Waals surface area contributed by atoms with Crippen molar-refractivity contribution in [2.45, 2.75) is 52.1 Å². The highest BCUT2D eigenvalue weighted by Crippen LogP contribution is 2.38. The molecule has 1 fully saturated rings. The van der Waals surface area contributed by atoms with Gasteiger partial charge in [0.2, 0.25) is 0 Å². The Bertz CT molecular complexity index is 234. The molecule has 102 valence electrons. The molecular weight excluding hydrogens is 212 g/mol. The summed E-state index contributed by atoms with van der Waals surface area (Å²) in [4.78, 5) is 2.44. The molecule has 1 rings (SSSR count). The Labute approximate surface area is 107 Å². The second kappa shape index (κ2) is 6.17. The molecule has 0 spiro atoms. The average Bonchev–Trinajstić information content (AvgIpc) is 2.94. The molecule has 0 aliphatic heterocycles. The Morgan fingerprint density at radius 3 is 2.53 bits per heavy atom. The van der Waals surface area contributed by atoms with Crippen molar-refractivity contribution in [1.29, 1.82) is 0 Å². The maximum Gasteiger partial charge on any atom is 0.0611 e. The Morgan fingerprint density at radius 2 is 2.12 bits per heavy atom. The lowest BCUT2D eigenvalue weighted by Crippen LogP contribution is -2.50. The predicted octanol–water partition coefficient (Wildman–Crippen LogP) is 1.71. The molecule has 0 heterocycles. The van der Waals surface area contributed by atoms with E-state index in [1.807, 2.05) is 0 Å². The molecule has 0 aromatic carbocycles. The fraction of sp³-hybridized carbons (Fsp3) is 1.00. The minimum atomic E-state index is -0.141. The molecule has 4 unspecified atom stereocenters. The number of hydrogen-bond donors (Lipinski definition) is 2. The summed E-state index contributed by atoms with van der Waals surface area (Å²) in [5.74, 6) is 1.82. The standard InChI is InChI=1S/C14H30N2O/c1-6-15-14(4,10-17)8-12(3)16(5)9-13-7-11(13)2/h11-13,15,17H,6-10H2,1-5H3. The molecule has 0 amide bonds. The van der Waals surface area contributed by atoms with Crippen molar-refractivity contribution in [3.8, 4) is 0 Å².